The Balaban J connectivity index is 2.06. The van der Waals surface area contributed by atoms with Crippen molar-refractivity contribution in [3.63, 3.8) is 0 Å². The fourth-order valence-corrected chi connectivity index (χ4v) is 2.08. The average Bonchev–Trinajstić information content (AvgIpc) is 2.46. The zero-order valence-electron chi connectivity index (χ0n) is 9.88. The lowest BCUT2D eigenvalue weighted by molar-refractivity contribution is 0.103. The number of para-hydroxylation sites is 1. The summed E-state index contributed by atoms with van der Waals surface area (Å²) in [6.07, 6.45) is 3.10. The molecule has 0 fully saturated rings. The van der Waals surface area contributed by atoms with Crippen LogP contribution in [0.2, 0.25) is 5.15 Å². The van der Waals surface area contributed by atoms with E-state index in [1.54, 1.807) is 18.3 Å². The van der Waals surface area contributed by atoms with Crippen molar-refractivity contribution in [3.05, 3.63) is 71.1 Å². The molecule has 2 aromatic heterocycles. The minimum absolute atomic E-state index is 0.109. The van der Waals surface area contributed by atoms with Gasteiger partial charge in [0.05, 0.1) is 5.52 Å². The largest absolute Gasteiger partial charge is 0.289 e. The van der Waals surface area contributed by atoms with Crippen LogP contribution in [0.1, 0.15) is 15.9 Å². The third kappa shape index (κ3) is 2.33. The average molecular weight is 269 g/mol. The maximum absolute atomic E-state index is 12.3. The van der Waals surface area contributed by atoms with Crippen molar-refractivity contribution in [1.82, 2.24) is 9.97 Å². The number of ketones is 1. The predicted octanol–water partition coefficient (Wildman–Crippen LogP) is 3.51. The number of fused-ring (bicyclic) bond motifs is 1. The van der Waals surface area contributed by atoms with E-state index in [0.717, 1.165) is 10.9 Å². The Morgan fingerprint density at radius 2 is 1.84 bits per heavy atom. The van der Waals surface area contributed by atoms with E-state index in [4.69, 9.17) is 11.6 Å². The molecule has 0 unspecified atom stereocenters. The molecule has 0 atom stereocenters. The minimum Gasteiger partial charge on any atom is -0.289 e. The van der Waals surface area contributed by atoms with Gasteiger partial charge in [0.15, 0.2) is 5.78 Å². The molecule has 0 aliphatic rings. The van der Waals surface area contributed by atoms with Crippen molar-refractivity contribution in [2.24, 2.45) is 0 Å². The number of rotatable bonds is 2. The number of aromatic nitrogens is 2. The van der Waals surface area contributed by atoms with Crippen LogP contribution < -0.4 is 0 Å². The minimum atomic E-state index is -0.109. The summed E-state index contributed by atoms with van der Waals surface area (Å²) in [6.45, 7) is 0. The van der Waals surface area contributed by atoms with E-state index in [2.05, 4.69) is 9.97 Å². The molecule has 0 aliphatic carbocycles. The SMILES string of the molecule is O=C(c1ccnc(Cl)c1)c1cnc2ccccc2c1. The van der Waals surface area contributed by atoms with Gasteiger partial charge in [0.25, 0.3) is 0 Å². The highest BCUT2D eigenvalue weighted by molar-refractivity contribution is 6.30. The maximum atomic E-state index is 12.3. The monoisotopic (exact) mass is 268 g/mol. The number of nitrogens with zero attached hydrogens (tertiary/aromatic N) is 2. The van der Waals surface area contributed by atoms with Gasteiger partial charge in [-0.2, -0.15) is 0 Å². The number of halogens is 1. The van der Waals surface area contributed by atoms with Crippen LogP contribution in [-0.4, -0.2) is 15.8 Å². The quantitative estimate of drug-likeness (QED) is 0.528. The van der Waals surface area contributed by atoms with Crippen LogP contribution in [0.15, 0.2) is 54.9 Å². The van der Waals surface area contributed by atoms with Crippen LogP contribution in [0.5, 0.6) is 0 Å². The van der Waals surface area contributed by atoms with Gasteiger partial charge in [0.1, 0.15) is 5.15 Å². The zero-order chi connectivity index (χ0) is 13.2. The second-order valence-electron chi connectivity index (χ2n) is 4.11. The Morgan fingerprint density at radius 3 is 2.68 bits per heavy atom. The molecule has 19 heavy (non-hydrogen) atoms. The third-order valence-corrected chi connectivity index (χ3v) is 3.05. The molecule has 0 bridgehead atoms. The van der Waals surface area contributed by atoms with Gasteiger partial charge in [-0.25, -0.2) is 4.98 Å². The van der Waals surface area contributed by atoms with Crippen LogP contribution in [0.25, 0.3) is 10.9 Å². The summed E-state index contributed by atoms with van der Waals surface area (Å²) in [5.74, 6) is -0.109. The standard InChI is InChI=1S/C15H9ClN2O/c16-14-8-11(5-6-17-14)15(19)12-7-10-3-1-2-4-13(10)18-9-12/h1-9H. The van der Waals surface area contributed by atoms with E-state index >= 15 is 0 Å². The molecule has 3 rings (SSSR count). The number of pyridine rings is 2. The van der Waals surface area contributed by atoms with Crippen LogP contribution in [-0.2, 0) is 0 Å². The normalized spacial score (nSPS) is 10.6. The number of hydrogen-bond donors (Lipinski definition) is 0. The Bertz CT molecular complexity index is 771. The highest BCUT2D eigenvalue weighted by Gasteiger charge is 2.10. The van der Waals surface area contributed by atoms with Crippen molar-refractivity contribution in [2.45, 2.75) is 0 Å². The van der Waals surface area contributed by atoms with Crippen molar-refractivity contribution < 1.29 is 4.79 Å². The molecule has 0 saturated carbocycles. The van der Waals surface area contributed by atoms with Crippen LogP contribution in [0.4, 0.5) is 0 Å². The van der Waals surface area contributed by atoms with Crippen molar-refractivity contribution in [3.8, 4) is 0 Å². The second kappa shape index (κ2) is 4.78. The van der Waals surface area contributed by atoms with E-state index in [1.807, 2.05) is 30.3 Å². The van der Waals surface area contributed by atoms with E-state index in [1.165, 1.54) is 6.20 Å². The first-order chi connectivity index (χ1) is 9.24. The van der Waals surface area contributed by atoms with Gasteiger partial charge >= 0.3 is 0 Å². The maximum Gasteiger partial charge on any atom is 0.194 e. The molecule has 92 valence electrons. The Kier molecular flexibility index (Phi) is 2.97. The van der Waals surface area contributed by atoms with Gasteiger partial charge in [-0.3, -0.25) is 9.78 Å². The van der Waals surface area contributed by atoms with Crippen molar-refractivity contribution in [1.29, 1.82) is 0 Å². The molecule has 2 heterocycles. The first-order valence-electron chi connectivity index (χ1n) is 5.75. The molecule has 0 spiro atoms. The number of hydrogen-bond acceptors (Lipinski definition) is 3. The molecule has 3 nitrogen and oxygen atoms in total. The fraction of sp³-hybridized carbons (Fsp3) is 0. The van der Waals surface area contributed by atoms with Crippen LogP contribution in [0, 0.1) is 0 Å². The van der Waals surface area contributed by atoms with E-state index in [0.29, 0.717) is 16.3 Å². The molecular weight excluding hydrogens is 260 g/mol. The molecule has 0 N–H and O–H groups in total. The number of carbonyl (C=O) groups is 1. The number of carbonyl (C=O) groups excluding carboxylic acids is 1. The smallest absolute Gasteiger partial charge is 0.194 e. The summed E-state index contributed by atoms with van der Waals surface area (Å²) in [7, 11) is 0. The van der Waals surface area contributed by atoms with Crippen molar-refractivity contribution in [2.75, 3.05) is 0 Å². The van der Waals surface area contributed by atoms with Crippen molar-refractivity contribution >= 4 is 28.3 Å². The molecule has 0 saturated heterocycles. The Hall–Kier alpha value is -2.26. The predicted molar refractivity (Wildman–Crippen MR) is 74.4 cm³/mol. The van der Waals surface area contributed by atoms with Crippen LogP contribution >= 0.6 is 11.6 Å². The topological polar surface area (TPSA) is 42.9 Å². The summed E-state index contributed by atoms with van der Waals surface area (Å²) in [4.78, 5) is 20.5. The van der Waals surface area contributed by atoms with Gasteiger partial charge in [-0.05, 0) is 24.3 Å². The van der Waals surface area contributed by atoms with Gasteiger partial charge in [-0.15, -0.1) is 0 Å². The second-order valence-corrected chi connectivity index (χ2v) is 4.50. The first-order valence-corrected chi connectivity index (χ1v) is 6.13. The Labute approximate surface area is 114 Å². The fourth-order valence-electron chi connectivity index (χ4n) is 1.91. The molecule has 4 heteroatoms. The molecule has 0 radical (unpaired) electrons. The molecule has 1 aromatic carbocycles. The highest BCUT2D eigenvalue weighted by Crippen LogP contribution is 2.17. The highest BCUT2D eigenvalue weighted by atomic mass is 35.5. The summed E-state index contributed by atoms with van der Waals surface area (Å²) in [5.41, 5.74) is 1.92. The van der Waals surface area contributed by atoms with E-state index in [-0.39, 0.29) is 5.78 Å². The molecule has 0 aliphatic heterocycles. The number of benzene rings is 1. The van der Waals surface area contributed by atoms with Gasteiger partial charge in [-0.1, -0.05) is 29.8 Å². The van der Waals surface area contributed by atoms with Crippen LogP contribution in [0.3, 0.4) is 0 Å². The lowest BCUT2D eigenvalue weighted by atomic mass is 10.0. The van der Waals surface area contributed by atoms with E-state index < -0.39 is 0 Å². The van der Waals surface area contributed by atoms with Gasteiger partial charge < -0.3 is 0 Å². The third-order valence-electron chi connectivity index (χ3n) is 2.84. The summed E-state index contributed by atoms with van der Waals surface area (Å²) >= 11 is 5.79. The summed E-state index contributed by atoms with van der Waals surface area (Å²) in [5, 5.41) is 1.24. The molecule has 0 amide bonds. The van der Waals surface area contributed by atoms with Gasteiger partial charge in [0, 0.05) is 28.9 Å². The van der Waals surface area contributed by atoms with Gasteiger partial charge in [0.2, 0.25) is 0 Å². The Morgan fingerprint density at radius 1 is 1.00 bits per heavy atom. The summed E-state index contributed by atoms with van der Waals surface area (Å²) in [6, 6.07) is 12.7. The lowest BCUT2D eigenvalue weighted by Gasteiger charge is -2.03. The zero-order valence-corrected chi connectivity index (χ0v) is 10.6. The molecule has 3 aromatic rings. The van der Waals surface area contributed by atoms with E-state index in [9.17, 15) is 4.79 Å². The molecular formula is C15H9ClN2O. The lowest BCUT2D eigenvalue weighted by Crippen LogP contribution is -2.02. The summed E-state index contributed by atoms with van der Waals surface area (Å²) < 4.78 is 0. The first kappa shape index (κ1) is 11.8.